The maximum atomic E-state index is 12.5. The molecule has 1 aliphatic rings. The third-order valence-electron chi connectivity index (χ3n) is 4.54. The monoisotopic (exact) mass is 467 g/mol. The van der Waals surface area contributed by atoms with Crippen molar-refractivity contribution in [3.05, 3.63) is 28.7 Å². The van der Waals surface area contributed by atoms with Gasteiger partial charge in [-0.15, -0.1) is 0 Å². The molecule has 26 heavy (non-hydrogen) atoms. The van der Waals surface area contributed by atoms with Gasteiger partial charge in [0.05, 0.1) is 10.6 Å². The Kier molecular flexibility index (Phi) is 7.63. The van der Waals surface area contributed by atoms with Crippen molar-refractivity contribution >= 4 is 36.0 Å². The first-order chi connectivity index (χ1) is 12.2. The maximum absolute atomic E-state index is 12.5. The van der Waals surface area contributed by atoms with E-state index >= 15 is 0 Å². The van der Waals surface area contributed by atoms with Gasteiger partial charge in [0.15, 0.2) is 9.84 Å². The molecular weight excluding hydrogens is 442 g/mol. The molecule has 1 aliphatic heterocycles. The van der Waals surface area contributed by atoms with Crippen LogP contribution in [0.25, 0.3) is 0 Å². The van der Waals surface area contributed by atoms with Crippen molar-refractivity contribution < 1.29 is 16.8 Å². The molecule has 0 unspecified atom stereocenters. The summed E-state index contributed by atoms with van der Waals surface area (Å²) in [5.41, 5.74) is 0. The highest BCUT2D eigenvalue weighted by Crippen LogP contribution is 2.17. The van der Waals surface area contributed by atoms with Gasteiger partial charge in [-0.2, -0.15) is 17.0 Å². The number of halogens is 1. The molecule has 0 atom stereocenters. The summed E-state index contributed by atoms with van der Waals surface area (Å²) in [6.45, 7) is 6.79. The van der Waals surface area contributed by atoms with Gasteiger partial charge in [0, 0.05) is 50.3 Å². The molecule has 1 saturated heterocycles. The Balaban J connectivity index is 1.90. The minimum Gasteiger partial charge on any atom is -0.300 e. The van der Waals surface area contributed by atoms with Gasteiger partial charge in [0.25, 0.3) is 10.2 Å². The summed E-state index contributed by atoms with van der Waals surface area (Å²) in [7, 11) is -6.76. The highest BCUT2D eigenvalue weighted by atomic mass is 79.9. The molecule has 0 N–H and O–H groups in total. The summed E-state index contributed by atoms with van der Waals surface area (Å²) < 4.78 is 53.6. The van der Waals surface area contributed by atoms with Gasteiger partial charge in [-0.05, 0) is 24.3 Å². The first-order valence-electron chi connectivity index (χ1n) is 8.66. The summed E-state index contributed by atoms with van der Waals surface area (Å²) >= 11 is 3.30. The number of piperazine rings is 1. The molecule has 0 saturated carbocycles. The van der Waals surface area contributed by atoms with Crippen molar-refractivity contribution in [1.29, 1.82) is 0 Å². The lowest BCUT2D eigenvalue weighted by atomic mass is 10.4. The molecule has 1 fully saturated rings. The Bertz CT molecular complexity index is 785. The molecule has 0 spiro atoms. The molecule has 10 heteroatoms. The fourth-order valence-corrected chi connectivity index (χ4v) is 6.06. The third kappa shape index (κ3) is 5.26. The van der Waals surface area contributed by atoms with Crippen molar-refractivity contribution in [2.45, 2.75) is 18.7 Å². The van der Waals surface area contributed by atoms with Crippen molar-refractivity contribution in [3.63, 3.8) is 0 Å². The van der Waals surface area contributed by atoms with E-state index in [4.69, 9.17) is 0 Å². The van der Waals surface area contributed by atoms with Gasteiger partial charge >= 0.3 is 0 Å². The Hall–Kier alpha value is -0.520. The summed E-state index contributed by atoms with van der Waals surface area (Å²) in [6, 6.07) is 6.61. The van der Waals surface area contributed by atoms with Crippen LogP contribution >= 0.6 is 15.9 Å². The van der Waals surface area contributed by atoms with E-state index in [1.807, 2.05) is 18.7 Å². The van der Waals surface area contributed by atoms with Gasteiger partial charge in [-0.25, -0.2) is 8.42 Å². The van der Waals surface area contributed by atoms with Crippen LogP contribution in [-0.4, -0.2) is 81.9 Å². The van der Waals surface area contributed by atoms with E-state index in [-0.39, 0.29) is 5.75 Å². The first-order valence-corrected chi connectivity index (χ1v) is 12.5. The standard InChI is InChI=1S/C16H26BrN3O4S2/c1-3-19(4-2)26(23,24)20-11-9-18(10-12-20)13-14-25(21,22)16-7-5-15(17)6-8-16/h5-8H,3-4,9-14H2,1-2H3. The average Bonchev–Trinajstić information content (AvgIpc) is 2.61. The average molecular weight is 468 g/mol. The topological polar surface area (TPSA) is 78.0 Å². The van der Waals surface area contributed by atoms with Gasteiger partial charge in [-0.3, -0.25) is 4.90 Å². The number of hydrogen-bond donors (Lipinski definition) is 0. The fraction of sp³-hybridized carbons (Fsp3) is 0.625. The number of benzene rings is 1. The molecule has 1 aromatic rings. The van der Waals surface area contributed by atoms with Crippen LogP contribution in [0.2, 0.25) is 0 Å². The number of rotatable bonds is 8. The van der Waals surface area contributed by atoms with Crippen LogP contribution in [0.5, 0.6) is 0 Å². The SMILES string of the molecule is CCN(CC)S(=O)(=O)N1CCN(CCS(=O)(=O)c2ccc(Br)cc2)CC1. The second kappa shape index (κ2) is 9.11. The van der Waals surface area contributed by atoms with Crippen molar-refractivity contribution in [3.8, 4) is 0 Å². The lowest BCUT2D eigenvalue weighted by Crippen LogP contribution is -2.53. The second-order valence-corrected chi connectivity index (χ2v) is 11.1. The molecule has 1 heterocycles. The highest BCUT2D eigenvalue weighted by molar-refractivity contribution is 9.10. The van der Waals surface area contributed by atoms with Crippen molar-refractivity contribution in [2.24, 2.45) is 0 Å². The van der Waals surface area contributed by atoms with Crippen molar-refractivity contribution in [2.75, 3.05) is 51.6 Å². The van der Waals surface area contributed by atoms with Gasteiger partial charge in [-0.1, -0.05) is 29.8 Å². The van der Waals surface area contributed by atoms with E-state index in [1.54, 1.807) is 24.3 Å². The molecule has 7 nitrogen and oxygen atoms in total. The molecule has 0 radical (unpaired) electrons. The highest BCUT2D eigenvalue weighted by Gasteiger charge is 2.31. The van der Waals surface area contributed by atoms with Gasteiger partial charge in [0.2, 0.25) is 0 Å². The zero-order valence-corrected chi connectivity index (χ0v) is 18.4. The van der Waals surface area contributed by atoms with Crippen LogP contribution in [0.4, 0.5) is 0 Å². The molecule has 0 aliphatic carbocycles. The summed E-state index contributed by atoms with van der Waals surface area (Å²) in [6.07, 6.45) is 0. The lowest BCUT2D eigenvalue weighted by Gasteiger charge is -2.36. The van der Waals surface area contributed by atoms with Crippen LogP contribution < -0.4 is 0 Å². The van der Waals surface area contributed by atoms with Crippen LogP contribution in [0, 0.1) is 0 Å². The van der Waals surface area contributed by atoms with E-state index in [0.29, 0.717) is 50.7 Å². The molecule has 0 amide bonds. The second-order valence-electron chi connectivity index (χ2n) is 6.11. The van der Waals surface area contributed by atoms with Crippen LogP contribution in [0.3, 0.4) is 0 Å². The molecule has 148 valence electrons. The number of nitrogens with zero attached hydrogens (tertiary/aromatic N) is 3. The molecule has 0 bridgehead atoms. The van der Waals surface area contributed by atoms with E-state index in [2.05, 4.69) is 15.9 Å². The summed E-state index contributed by atoms with van der Waals surface area (Å²) in [5.74, 6) is 0.0252. The summed E-state index contributed by atoms with van der Waals surface area (Å²) in [4.78, 5) is 2.31. The Morgan fingerprint density at radius 3 is 2.00 bits per heavy atom. The minimum absolute atomic E-state index is 0.0252. The van der Waals surface area contributed by atoms with Crippen LogP contribution in [-0.2, 0) is 20.0 Å². The van der Waals surface area contributed by atoms with E-state index in [9.17, 15) is 16.8 Å². The maximum Gasteiger partial charge on any atom is 0.282 e. The predicted octanol–water partition coefficient (Wildman–Crippen LogP) is 1.43. The largest absolute Gasteiger partial charge is 0.300 e. The summed E-state index contributed by atoms with van der Waals surface area (Å²) in [5, 5.41) is 0. The smallest absolute Gasteiger partial charge is 0.282 e. The minimum atomic E-state index is -3.42. The van der Waals surface area contributed by atoms with Crippen LogP contribution in [0.15, 0.2) is 33.6 Å². The predicted molar refractivity (Wildman–Crippen MR) is 106 cm³/mol. The third-order valence-corrected chi connectivity index (χ3v) is 8.96. The molecule has 1 aromatic carbocycles. The van der Waals surface area contributed by atoms with E-state index in [1.165, 1.54) is 8.61 Å². The Morgan fingerprint density at radius 1 is 0.962 bits per heavy atom. The van der Waals surface area contributed by atoms with Crippen LogP contribution in [0.1, 0.15) is 13.8 Å². The Labute approximate surface area is 165 Å². The molecule has 0 aromatic heterocycles. The van der Waals surface area contributed by atoms with Crippen molar-refractivity contribution in [1.82, 2.24) is 13.5 Å². The van der Waals surface area contributed by atoms with E-state index in [0.717, 1.165) is 4.47 Å². The first kappa shape index (κ1) is 21.8. The molecular formula is C16H26BrN3O4S2. The number of sulfone groups is 1. The van der Waals surface area contributed by atoms with Gasteiger partial charge < -0.3 is 0 Å². The quantitative estimate of drug-likeness (QED) is 0.577. The van der Waals surface area contributed by atoms with E-state index < -0.39 is 20.0 Å². The lowest BCUT2D eigenvalue weighted by molar-refractivity contribution is 0.189. The zero-order chi connectivity index (χ0) is 19.4. The number of hydrogen-bond acceptors (Lipinski definition) is 5. The molecule has 2 rings (SSSR count). The zero-order valence-electron chi connectivity index (χ0n) is 15.1. The Morgan fingerprint density at radius 2 is 1.50 bits per heavy atom. The normalized spacial score (nSPS) is 17.7. The van der Waals surface area contributed by atoms with Gasteiger partial charge in [0.1, 0.15) is 0 Å². The fourth-order valence-electron chi connectivity index (χ4n) is 2.91.